The van der Waals surface area contributed by atoms with Gasteiger partial charge in [0.1, 0.15) is 0 Å². The fourth-order valence-corrected chi connectivity index (χ4v) is 4.24. The number of amides is 1. The minimum absolute atomic E-state index is 0.0228. The van der Waals surface area contributed by atoms with Crippen LogP contribution in [0.25, 0.3) is 10.7 Å². The van der Waals surface area contributed by atoms with Crippen molar-refractivity contribution in [2.45, 2.75) is 30.5 Å². The van der Waals surface area contributed by atoms with Crippen LogP contribution in [-0.4, -0.2) is 26.4 Å². The Morgan fingerprint density at radius 2 is 2.04 bits per heavy atom. The summed E-state index contributed by atoms with van der Waals surface area (Å²) in [7, 11) is 0. The Bertz CT molecular complexity index is 841. The summed E-state index contributed by atoms with van der Waals surface area (Å²) >= 11 is 3.29. The molecule has 7 heteroatoms. The predicted octanol–water partition coefficient (Wildman–Crippen LogP) is 4.46. The Hall–Kier alpha value is -2.12. The molecule has 1 amide bonds. The maximum absolute atomic E-state index is 12.1. The van der Waals surface area contributed by atoms with Crippen LogP contribution < -0.4 is 5.32 Å². The molecular formula is C18H18N4OS2. The molecule has 0 saturated heterocycles. The highest BCUT2D eigenvalue weighted by atomic mass is 32.2. The Kier molecular flexibility index (Phi) is 4.85. The molecule has 25 heavy (non-hydrogen) atoms. The van der Waals surface area contributed by atoms with Gasteiger partial charge in [0.25, 0.3) is 0 Å². The van der Waals surface area contributed by atoms with E-state index in [-0.39, 0.29) is 5.91 Å². The number of rotatable bonds is 7. The molecule has 1 aliphatic carbocycles. The molecule has 1 N–H and O–H groups in total. The van der Waals surface area contributed by atoms with E-state index in [1.165, 1.54) is 12.8 Å². The lowest BCUT2D eigenvalue weighted by Crippen LogP contribution is -2.12. The molecule has 0 unspecified atom stereocenters. The van der Waals surface area contributed by atoms with Crippen LogP contribution in [0.5, 0.6) is 0 Å². The Labute approximate surface area is 154 Å². The maximum atomic E-state index is 12.1. The number of para-hydroxylation sites is 1. The molecule has 4 rings (SSSR count). The molecule has 0 spiro atoms. The molecule has 1 fully saturated rings. The van der Waals surface area contributed by atoms with Gasteiger partial charge in [-0.3, -0.25) is 9.36 Å². The van der Waals surface area contributed by atoms with Crippen molar-refractivity contribution in [1.29, 1.82) is 0 Å². The SMILES string of the molecule is O=C(CCSc1nnc(-c2cccs2)n1C1CC1)Nc1ccccc1. The second-order valence-electron chi connectivity index (χ2n) is 5.90. The summed E-state index contributed by atoms with van der Waals surface area (Å²) in [6.45, 7) is 0. The minimum atomic E-state index is 0.0228. The van der Waals surface area contributed by atoms with Gasteiger partial charge < -0.3 is 5.32 Å². The summed E-state index contributed by atoms with van der Waals surface area (Å²) in [5.41, 5.74) is 0.832. The van der Waals surface area contributed by atoms with Crippen molar-refractivity contribution in [3.8, 4) is 10.7 Å². The van der Waals surface area contributed by atoms with Gasteiger partial charge in [0.2, 0.25) is 5.91 Å². The highest BCUT2D eigenvalue weighted by Gasteiger charge is 2.30. The van der Waals surface area contributed by atoms with Gasteiger partial charge >= 0.3 is 0 Å². The Morgan fingerprint density at radius 3 is 2.76 bits per heavy atom. The molecule has 0 atom stereocenters. The molecule has 0 bridgehead atoms. The van der Waals surface area contributed by atoms with E-state index in [4.69, 9.17) is 0 Å². The predicted molar refractivity (Wildman–Crippen MR) is 102 cm³/mol. The highest BCUT2D eigenvalue weighted by molar-refractivity contribution is 7.99. The number of benzene rings is 1. The van der Waals surface area contributed by atoms with Gasteiger partial charge in [0.15, 0.2) is 11.0 Å². The average molecular weight is 371 g/mol. The summed E-state index contributed by atoms with van der Waals surface area (Å²) in [6.07, 6.45) is 2.81. The monoisotopic (exact) mass is 370 g/mol. The molecule has 5 nitrogen and oxygen atoms in total. The van der Waals surface area contributed by atoms with Gasteiger partial charge in [-0.2, -0.15) is 0 Å². The lowest BCUT2D eigenvalue weighted by Gasteiger charge is -2.08. The average Bonchev–Trinajstić information content (AvgIpc) is 3.15. The first kappa shape index (κ1) is 16.4. The third kappa shape index (κ3) is 3.93. The number of nitrogens with one attached hydrogen (secondary N) is 1. The van der Waals surface area contributed by atoms with Crippen LogP contribution in [0.4, 0.5) is 5.69 Å². The largest absolute Gasteiger partial charge is 0.326 e. The number of nitrogens with zero attached hydrogens (tertiary/aromatic N) is 3. The van der Waals surface area contributed by atoms with Crippen LogP contribution in [0.3, 0.4) is 0 Å². The quantitative estimate of drug-likeness (QED) is 0.624. The zero-order chi connectivity index (χ0) is 17.1. The van der Waals surface area contributed by atoms with E-state index in [0.717, 1.165) is 21.5 Å². The van der Waals surface area contributed by atoms with Gasteiger partial charge in [-0.25, -0.2) is 0 Å². The number of thioether (sulfide) groups is 1. The molecule has 1 aromatic carbocycles. The topological polar surface area (TPSA) is 59.8 Å². The number of aromatic nitrogens is 3. The van der Waals surface area contributed by atoms with E-state index in [2.05, 4.69) is 31.5 Å². The zero-order valence-electron chi connectivity index (χ0n) is 13.6. The molecule has 2 heterocycles. The van der Waals surface area contributed by atoms with Crippen LogP contribution in [0, 0.1) is 0 Å². The summed E-state index contributed by atoms with van der Waals surface area (Å²) in [5, 5.41) is 14.6. The van der Waals surface area contributed by atoms with Crippen LogP contribution in [0.15, 0.2) is 53.0 Å². The number of hydrogen-bond donors (Lipinski definition) is 1. The van der Waals surface area contributed by atoms with Crippen molar-refractivity contribution in [2.75, 3.05) is 11.1 Å². The first-order valence-electron chi connectivity index (χ1n) is 8.28. The summed E-state index contributed by atoms with van der Waals surface area (Å²) in [6, 6.07) is 14.2. The van der Waals surface area contributed by atoms with Gasteiger partial charge in [-0.05, 0) is 36.4 Å². The van der Waals surface area contributed by atoms with E-state index in [9.17, 15) is 4.79 Å². The standard InChI is InChI=1S/C18H18N4OS2/c23-16(19-13-5-2-1-3-6-13)10-12-25-18-21-20-17(15-7-4-11-24-15)22(18)14-8-9-14/h1-7,11,14H,8-10,12H2,(H,19,23). The van der Waals surface area contributed by atoms with E-state index in [0.29, 0.717) is 18.2 Å². The fourth-order valence-electron chi connectivity index (χ4n) is 2.59. The van der Waals surface area contributed by atoms with E-state index in [1.807, 2.05) is 36.4 Å². The molecule has 1 aliphatic rings. The number of thiophene rings is 1. The van der Waals surface area contributed by atoms with E-state index >= 15 is 0 Å². The van der Waals surface area contributed by atoms with Crippen molar-refractivity contribution >= 4 is 34.7 Å². The highest BCUT2D eigenvalue weighted by Crippen LogP contribution is 2.41. The van der Waals surface area contributed by atoms with Gasteiger partial charge in [0.05, 0.1) is 4.88 Å². The normalized spacial score (nSPS) is 13.8. The summed E-state index contributed by atoms with van der Waals surface area (Å²) in [4.78, 5) is 13.2. The van der Waals surface area contributed by atoms with Gasteiger partial charge in [-0.15, -0.1) is 21.5 Å². The molecule has 3 aromatic rings. The fraction of sp³-hybridized carbons (Fsp3) is 0.278. The second-order valence-corrected chi connectivity index (χ2v) is 7.91. The van der Waals surface area contributed by atoms with Crippen LogP contribution in [-0.2, 0) is 4.79 Å². The van der Waals surface area contributed by atoms with E-state index < -0.39 is 0 Å². The second kappa shape index (κ2) is 7.41. The van der Waals surface area contributed by atoms with Gasteiger partial charge in [0, 0.05) is 23.9 Å². The maximum Gasteiger partial charge on any atom is 0.225 e. The van der Waals surface area contributed by atoms with Crippen LogP contribution in [0.1, 0.15) is 25.3 Å². The number of carbonyl (C=O) groups excluding carboxylic acids is 1. The lowest BCUT2D eigenvalue weighted by molar-refractivity contribution is -0.115. The van der Waals surface area contributed by atoms with Crippen molar-refractivity contribution in [3.05, 3.63) is 47.8 Å². The first-order valence-corrected chi connectivity index (χ1v) is 10.1. The van der Waals surface area contributed by atoms with Crippen molar-refractivity contribution in [1.82, 2.24) is 14.8 Å². The minimum Gasteiger partial charge on any atom is -0.326 e. The van der Waals surface area contributed by atoms with Crippen LogP contribution in [0.2, 0.25) is 0 Å². The molecule has 128 valence electrons. The lowest BCUT2D eigenvalue weighted by atomic mass is 10.3. The third-order valence-corrected chi connectivity index (χ3v) is 5.75. The molecule has 0 aliphatic heterocycles. The Morgan fingerprint density at radius 1 is 1.20 bits per heavy atom. The smallest absolute Gasteiger partial charge is 0.225 e. The van der Waals surface area contributed by atoms with E-state index in [1.54, 1.807) is 23.1 Å². The summed E-state index contributed by atoms with van der Waals surface area (Å²) in [5.74, 6) is 1.66. The van der Waals surface area contributed by atoms with Crippen LogP contribution >= 0.6 is 23.1 Å². The van der Waals surface area contributed by atoms with Crippen molar-refractivity contribution in [3.63, 3.8) is 0 Å². The molecule has 0 radical (unpaired) electrons. The molecule has 2 aromatic heterocycles. The summed E-state index contributed by atoms with van der Waals surface area (Å²) < 4.78 is 2.24. The number of anilines is 1. The number of carbonyl (C=O) groups is 1. The molecule has 1 saturated carbocycles. The molecular weight excluding hydrogens is 352 g/mol. The van der Waals surface area contributed by atoms with Gasteiger partial charge in [-0.1, -0.05) is 36.0 Å². The Balaban J connectivity index is 1.38. The zero-order valence-corrected chi connectivity index (χ0v) is 15.2. The first-order chi connectivity index (χ1) is 12.3. The third-order valence-electron chi connectivity index (χ3n) is 3.94. The van der Waals surface area contributed by atoms with Crippen molar-refractivity contribution in [2.24, 2.45) is 0 Å². The number of hydrogen-bond acceptors (Lipinski definition) is 5. The van der Waals surface area contributed by atoms with Crippen molar-refractivity contribution < 1.29 is 4.79 Å².